The van der Waals surface area contributed by atoms with Crippen molar-refractivity contribution in [3.05, 3.63) is 0 Å². The first-order valence-electron chi connectivity index (χ1n) is 6.59. The summed E-state index contributed by atoms with van der Waals surface area (Å²) in [6.07, 6.45) is 3.92. The van der Waals surface area contributed by atoms with Gasteiger partial charge in [-0.1, -0.05) is 13.8 Å². The van der Waals surface area contributed by atoms with Gasteiger partial charge < -0.3 is 5.11 Å². The van der Waals surface area contributed by atoms with Gasteiger partial charge in [-0.25, -0.2) is 0 Å². The second kappa shape index (κ2) is 2.90. The van der Waals surface area contributed by atoms with Crippen molar-refractivity contribution in [1.82, 2.24) is 0 Å². The number of ketones is 1. The highest BCUT2D eigenvalue weighted by Crippen LogP contribution is 2.61. The van der Waals surface area contributed by atoms with Crippen LogP contribution in [-0.2, 0) is 4.79 Å². The standard InChI is InChI=1S/C14H22O2/c1-13(2)7-9-10(13)4-5-14(3,16)11-6-8(11)12(9)15/h8-11,16H,4-7H2,1-3H3. The third-order valence-corrected chi connectivity index (χ3v) is 5.52. The molecule has 0 aromatic heterocycles. The molecule has 0 aromatic carbocycles. The zero-order chi connectivity index (χ0) is 11.7. The summed E-state index contributed by atoms with van der Waals surface area (Å²) in [7, 11) is 0. The van der Waals surface area contributed by atoms with Crippen molar-refractivity contribution in [3.8, 4) is 0 Å². The Morgan fingerprint density at radius 1 is 1.19 bits per heavy atom. The van der Waals surface area contributed by atoms with Crippen LogP contribution >= 0.6 is 0 Å². The SMILES string of the molecule is CC1(C)CC2C(=O)C3CC3C(C)(O)CCC21. The second-order valence-electron chi connectivity index (χ2n) is 7.15. The highest BCUT2D eigenvalue weighted by molar-refractivity contribution is 5.87. The fourth-order valence-corrected chi connectivity index (χ4v) is 4.24. The Morgan fingerprint density at radius 2 is 1.88 bits per heavy atom. The highest BCUT2D eigenvalue weighted by Gasteiger charge is 2.61. The largest absolute Gasteiger partial charge is 0.390 e. The average Bonchev–Trinajstić information content (AvgIpc) is 2.91. The van der Waals surface area contributed by atoms with E-state index in [0.29, 0.717) is 23.0 Å². The smallest absolute Gasteiger partial charge is 0.139 e. The number of hydrogen-bond donors (Lipinski definition) is 1. The lowest BCUT2D eigenvalue weighted by molar-refractivity contribution is -0.143. The lowest BCUT2D eigenvalue weighted by Gasteiger charge is -2.52. The first-order chi connectivity index (χ1) is 7.33. The Kier molecular flexibility index (Phi) is 1.95. The number of hydrogen-bond acceptors (Lipinski definition) is 2. The first kappa shape index (κ1) is 10.8. The van der Waals surface area contributed by atoms with Crippen LogP contribution in [0.1, 0.15) is 46.5 Å². The van der Waals surface area contributed by atoms with Crippen LogP contribution in [0.3, 0.4) is 0 Å². The Hall–Kier alpha value is -0.370. The van der Waals surface area contributed by atoms with Crippen molar-refractivity contribution in [2.75, 3.05) is 0 Å². The number of Topliss-reactive ketones (excluding diaryl/α,β-unsaturated/α-hetero) is 1. The molecule has 3 rings (SSSR count). The summed E-state index contributed by atoms with van der Waals surface area (Å²) in [6, 6.07) is 0. The minimum Gasteiger partial charge on any atom is -0.390 e. The molecule has 90 valence electrons. The lowest BCUT2D eigenvalue weighted by Crippen LogP contribution is -2.50. The van der Waals surface area contributed by atoms with Crippen LogP contribution in [0, 0.1) is 29.1 Å². The summed E-state index contributed by atoms with van der Waals surface area (Å²) in [5.41, 5.74) is -0.269. The van der Waals surface area contributed by atoms with Gasteiger partial charge in [-0.2, -0.15) is 0 Å². The minimum atomic E-state index is -0.586. The Morgan fingerprint density at radius 3 is 2.50 bits per heavy atom. The van der Waals surface area contributed by atoms with Crippen LogP contribution in [0.5, 0.6) is 0 Å². The molecule has 0 radical (unpaired) electrons. The van der Waals surface area contributed by atoms with E-state index in [-0.39, 0.29) is 11.8 Å². The van der Waals surface area contributed by atoms with Crippen LogP contribution in [0.2, 0.25) is 0 Å². The fraction of sp³-hybridized carbons (Fsp3) is 0.929. The van der Waals surface area contributed by atoms with Crippen molar-refractivity contribution >= 4 is 5.78 Å². The van der Waals surface area contributed by atoms with Gasteiger partial charge >= 0.3 is 0 Å². The van der Waals surface area contributed by atoms with Crippen molar-refractivity contribution in [1.29, 1.82) is 0 Å². The molecule has 1 N–H and O–H groups in total. The van der Waals surface area contributed by atoms with E-state index in [1.807, 2.05) is 6.92 Å². The Bertz CT molecular complexity index is 343. The third kappa shape index (κ3) is 1.32. The number of rotatable bonds is 0. The second-order valence-corrected chi connectivity index (χ2v) is 7.15. The van der Waals surface area contributed by atoms with E-state index in [1.54, 1.807) is 0 Å². The fourth-order valence-electron chi connectivity index (χ4n) is 4.24. The summed E-state index contributed by atoms with van der Waals surface area (Å²) in [4.78, 5) is 12.3. The molecule has 0 spiro atoms. The minimum absolute atomic E-state index is 0.193. The molecule has 5 atom stereocenters. The molecule has 16 heavy (non-hydrogen) atoms. The molecule has 0 amide bonds. The number of aliphatic hydroxyl groups is 1. The molecule has 5 unspecified atom stereocenters. The molecule has 0 aliphatic heterocycles. The third-order valence-electron chi connectivity index (χ3n) is 5.52. The average molecular weight is 222 g/mol. The quantitative estimate of drug-likeness (QED) is 0.683. The Balaban J connectivity index is 1.85. The molecule has 0 aromatic rings. The molecule has 0 bridgehead atoms. The van der Waals surface area contributed by atoms with E-state index in [1.165, 1.54) is 0 Å². The van der Waals surface area contributed by atoms with E-state index < -0.39 is 5.60 Å². The van der Waals surface area contributed by atoms with E-state index in [2.05, 4.69) is 13.8 Å². The van der Waals surface area contributed by atoms with Gasteiger partial charge in [0, 0.05) is 11.8 Å². The molecule has 0 heterocycles. The monoisotopic (exact) mass is 222 g/mol. The summed E-state index contributed by atoms with van der Waals surface area (Å²) in [6.45, 7) is 6.46. The van der Waals surface area contributed by atoms with Gasteiger partial charge in [-0.05, 0) is 49.9 Å². The maximum atomic E-state index is 12.3. The molecule has 3 saturated carbocycles. The van der Waals surface area contributed by atoms with Gasteiger partial charge in [0.25, 0.3) is 0 Å². The van der Waals surface area contributed by atoms with E-state index in [0.717, 1.165) is 25.7 Å². The van der Waals surface area contributed by atoms with Crippen LogP contribution in [-0.4, -0.2) is 16.5 Å². The molecule has 3 aliphatic rings. The van der Waals surface area contributed by atoms with Gasteiger partial charge in [0.15, 0.2) is 0 Å². The zero-order valence-electron chi connectivity index (χ0n) is 10.5. The van der Waals surface area contributed by atoms with Crippen LogP contribution in [0.4, 0.5) is 0 Å². The van der Waals surface area contributed by atoms with Gasteiger partial charge in [0.05, 0.1) is 5.60 Å². The van der Waals surface area contributed by atoms with Gasteiger partial charge in [-0.15, -0.1) is 0 Å². The van der Waals surface area contributed by atoms with E-state index >= 15 is 0 Å². The summed E-state index contributed by atoms with van der Waals surface area (Å²) in [5, 5.41) is 10.4. The van der Waals surface area contributed by atoms with Crippen molar-refractivity contribution in [2.24, 2.45) is 29.1 Å². The number of carbonyl (C=O) groups excluding carboxylic acids is 1. The van der Waals surface area contributed by atoms with Gasteiger partial charge in [0.2, 0.25) is 0 Å². The molecule has 2 heteroatoms. The number of fused-ring (bicyclic) bond motifs is 2. The Labute approximate surface area is 97.4 Å². The molecular formula is C14H22O2. The summed E-state index contributed by atoms with van der Waals surface area (Å²) >= 11 is 0. The first-order valence-corrected chi connectivity index (χ1v) is 6.59. The van der Waals surface area contributed by atoms with Crippen molar-refractivity contribution in [3.63, 3.8) is 0 Å². The predicted molar refractivity (Wildman–Crippen MR) is 61.8 cm³/mol. The highest BCUT2D eigenvalue weighted by atomic mass is 16.3. The lowest BCUT2D eigenvalue weighted by atomic mass is 9.51. The van der Waals surface area contributed by atoms with Crippen LogP contribution in [0.25, 0.3) is 0 Å². The molecule has 0 saturated heterocycles. The molecule has 2 nitrogen and oxygen atoms in total. The van der Waals surface area contributed by atoms with E-state index in [9.17, 15) is 9.90 Å². The van der Waals surface area contributed by atoms with Crippen LogP contribution < -0.4 is 0 Å². The zero-order valence-corrected chi connectivity index (χ0v) is 10.5. The topological polar surface area (TPSA) is 37.3 Å². The van der Waals surface area contributed by atoms with E-state index in [4.69, 9.17) is 0 Å². The summed E-state index contributed by atoms with van der Waals surface area (Å²) in [5.74, 6) is 1.77. The summed E-state index contributed by atoms with van der Waals surface area (Å²) < 4.78 is 0. The normalized spacial score (nSPS) is 54.1. The molecule has 3 fully saturated rings. The van der Waals surface area contributed by atoms with Gasteiger partial charge in [-0.3, -0.25) is 4.79 Å². The van der Waals surface area contributed by atoms with Crippen molar-refractivity contribution in [2.45, 2.75) is 52.1 Å². The van der Waals surface area contributed by atoms with Gasteiger partial charge in [0.1, 0.15) is 5.78 Å². The maximum absolute atomic E-state index is 12.3. The predicted octanol–water partition coefficient (Wildman–Crippen LogP) is 2.40. The number of carbonyl (C=O) groups is 1. The molecule has 3 aliphatic carbocycles. The maximum Gasteiger partial charge on any atom is 0.139 e. The van der Waals surface area contributed by atoms with Crippen molar-refractivity contribution < 1.29 is 9.90 Å². The molecular weight excluding hydrogens is 200 g/mol. The van der Waals surface area contributed by atoms with Crippen LogP contribution in [0.15, 0.2) is 0 Å².